The molecular weight excluding hydrogens is 294 g/mol. The molecule has 6 nitrogen and oxygen atoms in total. The third kappa shape index (κ3) is 5.71. The Kier molecular flexibility index (Phi) is 7.13. The molecule has 1 aliphatic heterocycles. The van der Waals surface area contributed by atoms with Crippen LogP contribution in [-0.4, -0.2) is 36.7 Å². The molecule has 1 amide bonds. The highest BCUT2D eigenvalue weighted by atomic mass is 16.5. The molecule has 0 radical (unpaired) electrons. The number of aromatic nitrogens is 1. The van der Waals surface area contributed by atoms with E-state index in [1.54, 1.807) is 22.9 Å². The number of hydrogen-bond acceptors (Lipinski definition) is 4. The molecule has 23 heavy (non-hydrogen) atoms. The van der Waals surface area contributed by atoms with Crippen LogP contribution in [0.5, 0.6) is 5.75 Å². The fourth-order valence-corrected chi connectivity index (χ4v) is 2.73. The van der Waals surface area contributed by atoms with Crippen LogP contribution in [0.15, 0.2) is 23.1 Å². The lowest BCUT2D eigenvalue weighted by Gasteiger charge is -2.23. The molecule has 2 N–H and O–H groups in total. The van der Waals surface area contributed by atoms with Gasteiger partial charge in [-0.25, -0.2) is 0 Å². The molecule has 1 fully saturated rings. The van der Waals surface area contributed by atoms with Gasteiger partial charge in [-0.15, -0.1) is 0 Å². The summed E-state index contributed by atoms with van der Waals surface area (Å²) in [4.78, 5) is 24.1. The average Bonchev–Trinajstić information content (AvgIpc) is 2.57. The summed E-state index contributed by atoms with van der Waals surface area (Å²) in [7, 11) is 0. The van der Waals surface area contributed by atoms with Crippen LogP contribution in [-0.2, 0) is 11.3 Å². The van der Waals surface area contributed by atoms with Gasteiger partial charge < -0.3 is 19.9 Å². The Labute approximate surface area is 137 Å². The second-order valence-corrected chi connectivity index (χ2v) is 6.03. The maximum Gasteiger partial charge on any atom is 0.292 e. The molecule has 1 unspecified atom stereocenters. The first kappa shape index (κ1) is 17.5. The van der Waals surface area contributed by atoms with Crippen molar-refractivity contribution in [3.05, 3.63) is 28.7 Å². The van der Waals surface area contributed by atoms with Crippen molar-refractivity contribution >= 4 is 5.91 Å². The van der Waals surface area contributed by atoms with Gasteiger partial charge in [-0.2, -0.15) is 0 Å². The van der Waals surface area contributed by atoms with Crippen LogP contribution >= 0.6 is 0 Å². The van der Waals surface area contributed by atoms with Crippen LogP contribution in [0.2, 0.25) is 0 Å². The molecule has 1 atom stereocenters. The van der Waals surface area contributed by atoms with Crippen molar-refractivity contribution in [2.24, 2.45) is 5.92 Å². The monoisotopic (exact) mass is 321 g/mol. The molecule has 0 bridgehead atoms. The van der Waals surface area contributed by atoms with Crippen molar-refractivity contribution in [3.63, 3.8) is 0 Å². The lowest BCUT2D eigenvalue weighted by Crippen LogP contribution is -2.35. The van der Waals surface area contributed by atoms with Gasteiger partial charge in [-0.3, -0.25) is 9.59 Å². The maximum absolute atomic E-state index is 12.4. The average molecular weight is 321 g/mol. The summed E-state index contributed by atoms with van der Waals surface area (Å²) in [5.41, 5.74) is -0.167. The van der Waals surface area contributed by atoms with Crippen LogP contribution in [0.3, 0.4) is 0 Å². The number of nitrogens with zero attached hydrogens (tertiary/aromatic N) is 1. The first-order chi connectivity index (χ1) is 11.2. The van der Waals surface area contributed by atoms with Crippen LogP contribution < -0.4 is 20.9 Å². The normalized spacial score (nSPS) is 17.7. The van der Waals surface area contributed by atoms with Gasteiger partial charge in [0, 0.05) is 19.3 Å². The minimum absolute atomic E-state index is 0.117. The van der Waals surface area contributed by atoms with Crippen LogP contribution in [0.4, 0.5) is 0 Å². The molecule has 128 valence electrons. The first-order valence-corrected chi connectivity index (χ1v) is 8.50. The van der Waals surface area contributed by atoms with E-state index in [9.17, 15) is 9.59 Å². The van der Waals surface area contributed by atoms with Crippen molar-refractivity contribution < 1.29 is 9.53 Å². The second kappa shape index (κ2) is 9.35. The van der Waals surface area contributed by atoms with Gasteiger partial charge in [0.05, 0.1) is 0 Å². The third-order valence-electron chi connectivity index (χ3n) is 4.05. The number of carbonyl (C=O) groups is 1. The number of unbranched alkanes of at least 4 members (excludes halogenated alkanes) is 1. The lowest BCUT2D eigenvalue weighted by molar-refractivity contribution is -0.123. The Hall–Kier alpha value is -1.82. The highest BCUT2D eigenvalue weighted by Crippen LogP contribution is 2.12. The molecule has 0 aliphatic carbocycles. The fourth-order valence-electron chi connectivity index (χ4n) is 2.73. The van der Waals surface area contributed by atoms with Crippen LogP contribution in [0, 0.1) is 5.92 Å². The predicted octanol–water partition coefficient (Wildman–Crippen LogP) is 1.14. The van der Waals surface area contributed by atoms with Crippen LogP contribution in [0.1, 0.15) is 32.6 Å². The highest BCUT2D eigenvalue weighted by Gasteiger charge is 2.15. The van der Waals surface area contributed by atoms with Crippen molar-refractivity contribution in [3.8, 4) is 5.75 Å². The molecule has 1 saturated heterocycles. The molecule has 1 aliphatic rings. The minimum Gasteiger partial charge on any atom is -0.478 e. The van der Waals surface area contributed by atoms with E-state index in [2.05, 4.69) is 17.6 Å². The van der Waals surface area contributed by atoms with Crippen molar-refractivity contribution in [2.75, 3.05) is 26.2 Å². The van der Waals surface area contributed by atoms with Crippen molar-refractivity contribution in [2.45, 2.75) is 39.2 Å². The summed E-state index contributed by atoms with van der Waals surface area (Å²) in [6, 6.07) is 3.42. The van der Waals surface area contributed by atoms with E-state index in [0.717, 1.165) is 38.8 Å². The predicted molar refractivity (Wildman–Crippen MR) is 89.7 cm³/mol. The van der Waals surface area contributed by atoms with E-state index in [1.807, 2.05) is 0 Å². The molecule has 1 aromatic heterocycles. The van der Waals surface area contributed by atoms with E-state index >= 15 is 0 Å². The maximum atomic E-state index is 12.4. The Balaban J connectivity index is 1.88. The van der Waals surface area contributed by atoms with E-state index in [1.165, 1.54) is 0 Å². The Morgan fingerprint density at radius 2 is 2.39 bits per heavy atom. The molecule has 0 aromatic carbocycles. The number of nitrogens with one attached hydrogen (secondary N) is 2. The fraction of sp³-hybridized carbons (Fsp3) is 0.647. The quantitative estimate of drug-likeness (QED) is 0.705. The Morgan fingerprint density at radius 1 is 1.52 bits per heavy atom. The zero-order valence-electron chi connectivity index (χ0n) is 13.8. The van der Waals surface area contributed by atoms with Gasteiger partial charge in [0.1, 0.15) is 0 Å². The molecule has 2 rings (SSSR count). The van der Waals surface area contributed by atoms with E-state index < -0.39 is 0 Å². The number of rotatable bonds is 8. The standard InChI is InChI=1S/C17H27N3O3/c1-2-3-9-19-16(21)13-23-15-7-5-10-20(17(15)22)12-14-6-4-8-18-11-14/h5,7,10,14,18H,2-4,6,8-9,11-13H2,1H3,(H,19,21). The SMILES string of the molecule is CCCCNC(=O)COc1cccn(CC2CCCNC2)c1=O. The van der Waals surface area contributed by atoms with Gasteiger partial charge in [0.15, 0.2) is 12.4 Å². The number of piperidine rings is 1. The summed E-state index contributed by atoms with van der Waals surface area (Å²) in [5.74, 6) is 0.515. The summed E-state index contributed by atoms with van der Waals surface area (Å²) < 4.78 is 7.08. The molecule has 0 spiro atoms. The number of amides is 1. The topological polar surface area (TPSA) is 72.4 Å². The highest BCUT2D eigenvalue weighted by molar-refractivity contribution is 5.77. The van der Waals surface area contributed by atoms with Gasteiger partial charge in [0.25, 0.3) is 11.5 Å². The van der Waals surface area contributed by atoms with E-state index in [-0.39, 0.29) is 23.8 Å². The number of ether oxygens (including phenoxy) is 1. The molecule has 2 heterocycles. The number of carbonyl (C=O) groups excluding carboxylic acids is 1. The zero-order valence-corrected chi connectivity index (χ0v) is 13.8. The molecule has 1 aromatic rings. The van der Waals surface area contributed by atoms with Crippen molar-refractivity contribution in [1.29, 1.82) is 0 Å². The molecule has 0 saturated carbocycles. The van der Waals surface area contributed by atoms with Gasteiger partial charge >= 0.3 is 0 Å². The zero-order chi connectivity index (χ0) is 16.5. The number of pyridine rings is 1. The number of hydrogen-bond donors (Lipinski definition) is 2. The summed E-state index contributed by atoms with van der Waals surface area (Å²) in [6.07, 6.45) is 6.03. The van der Waals surface area contributed by atoms with Crippen molar-refractivity contribution in [1.82, 2.24) is 15.2 Å². The largest absolute Gasteiger partial charge is 0.478 e. The Bertz CT molecular complexity index is 550. The first-order valence-electron chi connectivity index (χ1n) is 8.50. The molecular formula is C17H27N3O3. The second-order valence-electron chi connectivity index (χ2n) is 6.03. The molecule has 6 heteroatoms. The minimum atomic E-state index is -0.190. The Morgan fingerprint density at radius 3 is 3.13 bits per heavy atom. The van der Waals surface area contributed by atoms with E-state index in [4.69, 9.17) is 4.74 Å². The smallest absolute Gasteiger partial charge is 0.292 e. The third-order valence-corrected chi connectivity index (χ3v) is 4.05. The van der Waals surface area contributed by atoms with Gasteiger partial charge in [-0.1, -0.05) is 13.3 Å². The lowest BCUT2D eigenvalue weighted by atomic mass is 10.00. The van der Waals surface area contributed by atoms with Crippen LogP contribution in [0.25, 0.3) is 0 Å². The van der Waals surface area contributed by atoms with Gasteiger partial charge in [-0.05, 0) is 50.4 Å². The summed E-state index contributed by atoms with van der Waals surface area (Å²) >= 11 is 0. The van der Waals surface area contributed by atoms with E-state index in [0.29, 0.717) is 19.0 Å². The summed E-state index contributed by atoms with van der Waals surface area (Å²) in [6.45, 7) is 5.28. The van der Waals surface area contributed by atoms with Gasteiger partial charge in [0.2, 0.25) is 0 Å². The summed E-state index contributed by atoms with van der Waals surface area (Å²) in [5, 5.41) is 6.13.